The van der Waals surface area contributed by atoms with Crippen LogP contribution in [0, 0.1) is 5.92 Å². The summed E-state index contributed by atoms with van der Waals surface area (Å²) < 4.78 is 23.2. The highest BCUT2D eigenvalue weighted by Gasteiger charge is 2.27. The first-order valence-electron chi connectivity index (χ1n) is 3.18. The average Bonchev–Trinajstić information content (AvgIpc) is 1.76. The first-order valence-corrected chi connectivity index (χ1v) is 3.18. The molecule has 0 spiro atoms. The molecule has 2 nitrogen and oxygen atoms in total. The molecule has 1 aliphatic rings. The molecule has 0 aromatic heterocycles. The zero-order chi connectivity index (χ0) is 7.56. The molecule has 1 aliphatic heterocycles. The van der Waals surface area contributed by atoms with Gasteiger partial charge in [-0.05, 0) is 0 Å². The minimum atomic E-state index is -2.27. The Morgan fingerprint density at radius 2 is 2.20 bits per heavy atom. The van der Waals surface area contributed by atoms with E-state index in [1.165, 1.54) is 0 Å². The molecule has 1 saturated heterocycles. The molecule has 0 N–H and O–H groups in total. The van der Waals surface area contributed by atoms with Gasteiger partial charge in [0.2, 0.25) is 0 Å². The van der Waals surface area contributed by atoms with E-state index in [4.69, 9.17) is 0 Å². The van der Waals surface area contributed by atoms with Crippen LogP contribution in [0.1, 0.15) is 0 Å². The van der Waals surface area contributed by atoms with Crippen molar-refractivity contribution in [1.82, 2.24) is 4.90 Å². The topological polar surface area (TPSA) is 20.3 Å². The van der Waals surface area contributed by atoms with Gasteiger partial charge in [-0.3, -0.25) is 4.90 Å². The van der Waals surface area contributed by atoms with Crippen molar-refractivity contribution in [2.24, 2.45) is 5.92 Å². The molecule has 0 amide bonds. The monoisotopic (exact) mass is 149 g/mol. The number of carbonyl (C=O) groups excluding carboxylic acids is 1. The van der Waals surface area contributed by atoms with Crippen LogP contribution in [0.2, 0.25) is 0 Å². The third kappa shape index (κ3) is 1.73. The second-order valence-corrected chi connectivity index (χ2v) is 2.51. The van der Waals surface area contributed by atoms with Gasteiger partial charge in [0.05, 0.1) is 6.54 Å². The van der Waals surface area contributed by atoms with Gasteiger partial charge in [0.15, 0.2) is 0 Å². The van der Waals surface area contributed by atoms with Crippen molar-refractivity contribution >= 4 is 6.29 Å². The quantitative estimate of drug-likeness (QED) is 0.541. The third-order valence-electron chi connectivity index (χ3n) is 1.57. The highest BCUT2D eigenvalue weighted by molar-refractivity contribution is 5.55. The number of carbonyl (C=O) groups is 1. The molecule has 4 heteroatoms. The van der Waals surface area contributed by atoms with Crippen LogP contribution in [-0.2, 0) is 4.79 Å². The van der Waals surface area contributed by atoms with E-state index in [2.05, 4.69) is 0 Å². The molecular formula is C6H9F2NO. The molecule has 0 aliphatic carbocycles. The van der Waals surface area contributed by atoms with Gasteiger partial charge in [0, 0.05) is 19.0 Å². The normalized spacial score (nSPS) is 21.1. The Balaban J connectivity index is 2.08. The van der Waals surface area contributed by atoms with Crippen LogP contribution >= 0.6 is 0 Å². The summed E-state index contributed by atoms with van der Waals surface area (Å²) in [6.45, 7) is 0.825. The van der Waals surface area contributed by atoms with Crippen LogP contribution in [0.4, 0.5) is 8.78 Å². The molecule has 0 aromatic rings. The summed E-state index contributed by atoms with van der Waals surface area (Å²) in [6, 6.07) is 0. The summed E-state index contributed by atoms with van der Waals surface area (Å²) in [5, 5.41) is 0. The van der Waals surface area contributed by atoms with E-state index in [-0.39, 0.29) is 12.5 Å². The predicted octanol–water partition coefficient (Wildman–Crippen LogP) is 0.382. The number of alkyl halides is 2. The number of hydrogen-bond acceptors (Lipinski definition) is 2. The second-order valence-electron chi connectivity index (χ2n) is 2.51. The standard InChI is InChI=1S/C6H9F2NO/c7-6(8)3-9-1-5(2-9)4-10/h4-6H,1-3H2. The lowest BCUT2D eigenvalue weighted by atomic mass is 10.0. The Labute approximate surface area is 57.8 Å². The zero-order valence-corrected chi connectivity index (χ0v) is 5.46. The fourth-order valence-corrected chi connectivity index (χ4v) is 1.04. The Kier molecular flexibility index (Phi) is 2.32. The predicted molar refractivity (Wildman–Crippen MR) is 32.0 cm³/mol. The third-order valence-corrected chi connectivity index (χ3v) is 1.57. The summed E-state index contributed by atoms with van der Waals surface area (Å²) in [4.78, 5) is 11.6. The highest BCUT2D eigenvalue weighted by atomic mass is 19.3. The molecule has 0 saturated carbocycles. The molecule has 0 unspecified atom stereocenters. The van der Waals surface area contributed by atoms with Gasteiger partial charge in [-0.15, -0.1) is 0 Å². The first-order chi connectivity index (χ1) is 4.72. The van der Waals surface area contributed by atoms with E-state index in [1.807, 2.05) is 0 Å². The number of hydrogen-bond donors (Lipinski definition) is 0. The molecule has 0 aromatic carbocycles. The van der Waals surface area contributed by atoms with Crippen LogP contribution in [0.25, 0.3) is 0 Å². The maximum Gasteiger partial charge on any atom is 0.251 e. The SMILES string of the molecule is O=CC1CN(CC(F)F)C1. The Hall–Kier alpha value is -0.510. The van der Waals surface area contributed by atoms with Crippen LogP contribution in [0.15, 0.2) is 0 Å². The first kappa shape index (κ1) is 7.60. The van der Waals surface area contributed by atoms with Crippen molar-refractivity contribution in [3.05, 3.63) is 0 Å². The Morgan fingerprint density at radius 3 is 2.60 bits per heavy atom. The molecule has 0 radical (unpaired) electrons. The van der Waals surface area contributed by atoms with E-state index in [0.717, 1.165) is 6.29 Å². The summed E-state index contributed by atoms with van der Waals surface area (Å²) in [7, 11) is 0. The van der Waals surface area contributed by atoms with Gasteiger partial charge in [-0.2, -0.15) is 0 Å². The number of nitrogens with zero attached hydrogens (tertiary/aromatic N) is 1. The van der Waals surface area contributed by atoms with Crippen molar-refractivity contribution in [3.63, 3.8) is 0 Å². The van der Waals surface area contributed by atoms with E-state index >= 15 is 0 Å². The minimum Gasteiger partial charge on any atom is -0.303 e. The number of likely N-dealkylation sites (tertiary alicyclic amines) is 1. The lowest BCUT2D eigenvalue weighted by Crippen LogP contribution is -2.49. The fourth-order valence-electron chi connectivity index (χ4n) is 1.04. The highest BCUT2D eigenvalue weighted by Crippen LogP contribution is 2.13. The summed E-state index contributed by atoms with van der Waals surface area (Å²) in [6.07, 6.45) is -1.45. The summed E-state index contributed by atoms with van der Waals surface area (Å²) >= 11 is 0. The fraction of sp³-hybridized carbons (Fsp3) is 0.833. The number of halogens is 2. The van der Waals surface area contributed by atoms with Crippen LogP contribution in [-0.4, -0.2) is 37.2 Å². The van der Waals surface area contributed by atoms with Gasteiger partial charge >= 0.3 is 0 Å². The van der Waals surface area contributed by atoms with Crippen molar-refractivity contribution in [2.75, 3.05) is 19.6 Å². The average molecular weight is 149 g/mol. The van der Waals surface area contributed by atoms with Gasteiger partial charge < -0.3 is 4.79 Å². The van der Waals surface area contributed by atoms with E-state index in [1.54, 1.807) is 4.90 Å². The van der Waals surface area contributed by atoms with Crippen molar-refractivity contribution in [3.8, 4) is 0 Å². The zero-order valence-electron chi connectivity index (χ0n) is 5.46. The van der Waals surface area contributed by atoms with E-state index in [0.29, 0.717) is 13.1 Å². The summed E-state index contributed by atoms with van der Waals surface area (Å²) in [5.74, 6) is -0.00116. The van der Waals surface area contributed by atoms with Gasteiger partial charge in [-0.1, -0.05) is 0 Å². The molecule has 10 heavy (non-hydrogen) atoms. The number of aldehydes is 1. The van der Waals surface area contributed by atoms with Crippen molar-refractivity contribution < 1.29 is 13.6 Å². The molecule has 0 atom stereocenters. The summed E-state index contributed by atoms with van der Waals surface area (Å²) in [5.41, 5.74) is 0. The molecule has 1 rings (SSSR count). The van der Waals surface area contributed by atoms with E-state index in [9.17, 15) is 13.6 Å². The molecular weight excluding hydrogens is 140 g/mol. The van der Waals surface area contributed by atoms with E-state index < -0.39 is 6.43 Å². The maximum atomic E-state index is 11.6. The van der Waals surface area contributed by atoms with Gasteiger partial charge in [-0.25, -0.2) is 8.78 Å². The number of rotatable bonds is 3. The molecule has 1 heterocycles. The molecule has 1 fully saturated rings. The van der Waals surface area contributed by atoms with Crippen LogP contribution in [0.5, 0.6) is 0 Å². The van der Waals surface area contributed by atoms with Gasteiger partial charge in [0.1, 0.15) is 6.29 Å². The maximum absolute atomic E-state index is 11.6. The minimum absolute atomic E-state index is 0.00116. The Bertz CT molecular complexity index is 123. The van der Waals surface area contributed by atoms with Gasteiger partial charge in [0.25, 0.3) is 6.43 Å². The molecule has 0 bridgehead atoms. The smallest absolute Gasteiger partial charge is 0.251 e. The van der Waals surface area contributed by atoms with Crippen molar-refractivity contribution in [2.45, 2.75) is 6.43 Å². The second kappa shape index (κ2) is 3.05. The van der Waals surface area contributed by atoms with Crippen molar-refractivity contribution in [1.29, 1.82) is 0 Å². The lowest BCUT2D eigenvalue weighted by molar-refractivity contribution is -0.116. The largest absolute Gasteiger partial charge is 0.303 e. The molecule has 58 valence electrons. The van der Waals surface area contributed by atoms with Crippen LogP contribution < -0.4 is 0 Å². The lowest BCUT2D eigenvalue weighted by Gasteiger charge is -2.35. The Morgan fingerprint density at radius 1 is 1.60 bits per heavy atom. The van der Waals surface area contributed by atoms with Crippen LogP contribution in [0.3, 0.4) is 0 Å².